The van der Waals surface area contributed by atoms with Gasteiger partial charge in [0, 0.05) is 13.1 Å². The fraction of sp³-hybridized carbons (Fsp3) is 0.0769. The van der Waals surface area contributed by atoms with E-state index in [2.05, 4.69) is 0 Å². The molecule has 0 unspecified atom stereocenters. The molecule has 0 N–H and O–H groups in total. The minimum Gasteiger partial charge on any atom is -0.342 e. The van der Waals surface area contributed by atoms with Crippen molar-refractivity contribution in [2.24, 2.45) is 0 Å². The summed E-state index contributed by atoms with van der Waals surface area (Å²) in [4.78, 5) is 11.3. The molecule has 0 amide bonds. The van der Waals surface area contributed by atoms with E-state index in [1.54, 1.807) is 6.07 Å². The number of nitro benzene ring substituents is 1. The van der Waals surface area contributed by atoms with Gasteiger partial charge < -0.3 is 4.90 Å². The number of non-ortho nitro benzene ring substituents is 1. The Labute approximate surface area is 108 Å². The second-order valence-electron chi connectivity index (χ2n) is 3.94. The first-order chi connectivity index (χ1) is 8.99. The zero-order valence-corrected chi connectivity index (χ0v) is 10.0. The molecule has 0 spiro atoms. The van der Waals surface area contributed by atoms with Crippen LogP contribution < -0.4 is 4.90 Å². The first-order valence-electron chi connectivity index (χ1n) is 5.42. The fourth-order valence-electron chi connectivity index (χ4n) is 1.72. The van der Waals surface area contributed by atoms with E-state index in [0.29, 0.717) is 0 Å². The molecule has 0 radical (unpaired) electrons. The largest absolute Gasteiger partial charge is 0.342 e. The standard InChI is InChI=1S/C13H10F2N2O2/c1-16(13-5-3-2-4-12(13)15)10-6-9(14)7-11(8-10)17(18)19/h2-8H,1H3. The van der Waals surface area contributed by atoms with E-state index in [-0.39, 0.29) is 17.1 Å². The van der Waals surface area contributed by atoms with Crippen LogP contribution in [0.5, 0.6) is 0 Å². The minimum absolute atomic E-state index is 0.205. The monoisotopic (exact) mass is 264 g/mol. The summed E-state index contributed by atoms with van der Waals surface area (Å²) in [6.45, 7) is 0. The molecule has 98 valence electrons. The number of para-hydroxylation sites is 1. The zero-order chi connectivity index (χ0) is 14.0. The summed E-state index contributed by atoms with van der Waals surface area (Å²) in [5.41, 5.74) is 0.0392. The Bertz CT molecular complexity index is 632. The third-order valence-electron chi connectivity index (χ3n) is 2.68. The molecule has 19 heavy (non-hydrogen) atoms. The van der Waals surface area contributed by atoms with Gasteiger partial charge in [0.1, 0.15) is 11.6 Å². The van der Waals surface area contributed by atoms with Gasteiger partial charge in [0.05, 0.1) is 22.4 Å². The molecule has 0 aliphatic heterocycles. The number of nitro groups is 1. The average Bonchev–Trinajstić information content (AvgIpc) is 2.37. The van der Waals surface area contributed by atoms with Crippen LogP contribution in [0.1, 0.15) is 0 Å². The van der Waals surface area contributed by atoms with Crippen LogP contribution in [0, 0.1) is 21.7 Å². The molecule has 2 aromatic rings. The second-order valence-corrected chi connectivity index (χ2v) is 3.94. The van der Waals surface area contributed by atoms with Gasteiger partial charge in [-0.3, -0.25) is 10.1 Å². The maximum absolute atomic E-state index is 13.6. The lowest BCUT2D eigenvalue weighted by Crippen LogP contribution is -2.11. The topological polar surface area (TPSA) is 46.4 Å². The summed E-state index contributed by atoms with van der Waals surface area (Å²) >= 11 is 0. The van der Waals surface area contributed by atoms with Crippen LogP contribution in [0.3, 0.4) is 0 Å². The van der Waals surface area contributed by atoms with Crippen molar-refractivity contribution in [2.45, 2.75) is 0 Å². The van der Waals surface area contributed by atoms with Crippen molar-refractivity contribution in [3.63, 3.8) is 0 Å². The third kappa shape index (κ3) is 2.67. The van der Waals surface area contributed by atoms with E-state index in [1.807, 2.05) is 0 Å². The van der Waals surface area contributed by atoms with Gasteiger partial charge in [-0.05, 0) is 18.2 Å². The van der Waals surface area contributed by atoms with Crippen molar-refractivity contribution in [3.05, 3.63) is 64.2 Å². The van der Waals surface area contributed by atoms with Gasteiger partial charge in [-0.1, -0.05) is 12.1 Å². The van der Waals surface area contributed by atoms with Crippen LogP contribution in [0.2, 0.25) is 0 Å². The molecular formula is C13H10F2N2O2. The van der Waals surface area contributed by atoms with Crippen molar-refractivity contribution in [3.8, 4) is 0 Å². The first-order valence-corrected chi connectivity index (χ1v) is 5.42. The van der Waals surface area contributed by atoms with Gasteiger partial charge in [-0.25, -0.2) is 8.78 Å². The minimum atomic E-state index is -0.743. The summed E-state index contributed by atoms with van der Waals surface area (Å²) in [5.74, 6) is -1.23. The maximum Gasteiger partial charge on any atom is 0.274 e. The molecule has 0 atom stereocenters. The van der Waals surface area contributed by atoms with Gasteiger partial charge in [-0.15, -0.1) is 0 Å². The number of hydrogen-bond acceptors (Lipinski definition) is 3. The van der Waals surface area contributed by atoms with Crippen LogP contribution in [0.4, 0.5) is 25.8 Å². The van der Waals surface area contributed by atoms with E-state index in [0.717, 1.165) is 12.1 Å². The Morgan fingerprint density at radius 3 is 2.47 bits per heavy atom. The Kier molecular flexibility index (Phi) is 3.41. The number of hydrogen-bond donors (Lipinski definition) is 0. The third-order valence-corrected chi connectivity index (χ3v) is 2.68. The number of rotatable bonds is 3. The van der Waals surface area contributed by atoms with E-state index in [1.165, 1.54) is 36.2 Å². The van der Waals surface area contributed by atoms with Gasteiger partial charge >= 0.3 is 0 Å². The molecule has 2 aromatic carbocycles. The van der Waals surface area contributed by atoms with Crippen LogP contribution in [-0.2, 0) is 0 Å². The lowest BCUT2D eigenvalue weighted by molar-refractivity contribution is -0.385. The van der Waals surface area contributed by atoms with Gasteiger partial charge in [0.25, 0.3) is 5.69 Å². The number of anilines is 2. The fourth-order valence-corrected chi connectivity index (χ4v) is 1.72. The number of halogens is 2. The highest BCUT2D eigenvalue weighted by Crippen LogP contribution is 2.29. The highest BCUT2D eigenvalue weighted by atomic mass is 19.1. The van der Waals surface area contributed by atoms with E-state index < -0.39 is 16.6 Å². The summed E-state index contributed by atoms with van der Waals surface area (Å²) in [6, 6.07) is 9.04. The predicted molar refractivity (Wildman–Crippen MR) is 67.5 cm³/mol. The molecule has 4 nitrogen and oxygen atoms in total. The second kappa shape index (κ2) is 5.01. The van der Waals surface area contributed by atoms with E-state index >= 15 is 0 Å². The maximum atomic E-state index is 13.6. The molecule has 2 rings (SSSR count). The molecular weight excluding hydrogens is 254 g/mol. The molecule has 6 heteroatoms. The molecule has 0 saturated carbocycles. The molecule has 0 aliphatic rings. The van der Waals surface area contributed by atoms with E-state index in [4.69, 9.17) is 0 Å². The number of nitrogens with zero attached hydrogens (tertiary/aromatic N) is 2. The quantitative estimate of drug-likeness (QED) is 0.628. The Morgan fingerprint density at radius 2 is 1.84 bits per heavy atom. The Hall–Kier alpha value is -2.50. The van der Waals surface area contributed by atoms with Crippen molar-refractivity contribution in [1.29, 1.82) is 0 Å². The Balaban J connectivity index is 2.47. The molecule has 0 heterocycles. The zero-order valence-electron chi connectivity index (χ0n) is 10.0. The smallest absolute Gasteiger partial charge is 0.274 e. The van der Waals surface area contributed by atoms with E-state index in [9.17, 15) is 18.9 Å². The van der Waals surface area contributed by atoms with Crippen LogP contribution in [-0.4, -0.2) is 12.0 Å². The predicted octanol–water partition coefficient (Wildman–Crippen LogP) is 3.64. The highest BCUT2D eigenvalue weighted by Gasteiger charge is 2.15. The lowest BCUT2D eigenvalue weighted by atomic mass is 10.2. The van der Waals surface area contributed by atoms with Crippen LogP contribution >= 0.6 is 0 Å². The summed E-state index contributed by atoms with van der Waals surface area (Å²) < 4.78 is 27.0. The molecule has 0 fully saturated rings. The summed E-state index contributed by atoms with van der Waals surface area (Å²) in [7, 11) is 1.51. The first kappa shape index (κ1) is 12.9. The molecule has 0 bridgehead atoms. The van der Waals surface area contributed by atoms with Crippen LogP contribution in [0.15, 0.2) is 42.5 Å². The molecule has 0 saturated heterocycles. The normalized spacial score (nSPS) is 10.3. The highest BCUT2D eigenvalue weighted by molar-refractivity contribution is 5.65. The van der Waals surface area contributed by atoms with Gasteiger partial charge in [-0.2, -0.15) is 0 Å². The van der Waals surface area contributed by atoms with Crippen molar-refractivity contribution in [2.75, 3.05) is 11.9 Å². The number of benzene rings is 2. The Morgan fingerprint density at radius 1 is 1.16 bits per heavy atom. The van der Waals surface area contributed by atoms with Gasteiger partial charge in [0.15, 0.2) is 0 Å². The van der Waals surface area contributed by atoms with Crippen LogP contribution in [0.25, 0.3) is 0 Å². The lowest BCUT2D eigenvalue weighted by Gasteiger charge is -2.19. The summed E-state index contributed by atoms with van der Waals surface area (Å²) in [5, 5.41) is 10.7. The van der Waals surface area contributed by atoms with Gasteiger partial charge in [0.2, 0.25) is 0 Å². The molecule has 0 aliphatic carbocycles. The van der Waals surface area contributed by atoms with Crippen molar-refractivity contribution in [1.82, 2.24) is 0 Å². The summed E-state index contributed by atoms with van der Waals surface area (Å²) in [6.07, 6.45) is 0. The average molecular weight is 264 g/mol. The molecule has 0 aromatic heterocycles. The van der Waals surface area contributed by atoms with Crippen molar-refractivity contribution < 1.29 is 13.7 Å². The SMILES string of the molecule is CN(c1cc(F)cc([N+](=O)[O-])c1)c1ccccc1F. The van der Waals surface area contributed by atoms with Crippen molar-refractivity contribution >= 4 is 17.1 Å².